The summed E-state index contributed by atoms with van der Waals surface area (Å²) in [6.07, 6.45) is 1.45. The molecule has 0 saturated carbocycles. The standard InChI is InChI=1S/C21H26N2O6/c1-13(2)29-16-9-7-14(11-18(16)26-4)21(24)23-22-12-15-8-10-17(25-3)20(28-6)19(15)27-5/h7-13H,1-6H3,(H,23,24)/b22-12-. The van der Waals surface area contributed by atoms with E-state index in [1.165, 1.54) is 34.7 Å². The van der Waals surface area contributed by atoms with Crippen LogP contribution in [0.2, 0.25) is 0 Å². The molecule has 0 aliphatic heterocycles. The summed E-state index contributed by atoms with van der Waals surface area (Å²) in [4.78, 5) is 12.4. The van der Waals surface area contributed by atoms with Crippen LogP contribution in [-0.4, -0.2) is 46.7 Å². The molecule has 0 saturated heterocycles. The third-order valence-electron chi connectivity index (χ3n) is 3.89. The first-order valence-electron chi connectivity index (χ1n) is 8.92. The van der Waals surface area contributed by atoms with Gasteiger partial charge in [-0.15, -0.1) is 0 Å². The first kappa shape index (κ1) is 21.9. The number of nitrogens with zero attached hydrogens (tertiary/aromatic N) is 1. The lowest BCUT2D eigenvalue weighted by Crippen LogP contribution is -2.18. The van der Waals surface area contributed by atoms with Gasteiger partial charge in [0, 0.05) is 11.1 Å². The number of ether oxygens (including phenoxy) is 5. The summed E-state index contributed by atoms with van der Waals surface area (Å²) in [5.41, 5.74) is 3.48. The Kier molecular flexibility index (Phi) is 7.70. The number of rotatable bonds is 9. The van der Waals surface area contributed by atoms with Crippen LogP contribution in [0.3, 0.4) is 0 Å². The Hall–Kier alpha value is -3.42. The predicted octanol–water partition coefficient (Wildman–Crippen LogP) is 3.27. The van der Waals surface area contributed by atoms with Gasteiger partial charge in [-0.05, 0) is 44.2 Å². The van der Waals surface area contributed by atoms with E-state index in [2.05, 4.69) is 10.5 Å². The molecule has 29 heavy (non-hydrogen) atoms. The van der Waals surface area contributed by atoms with Crippen LogP contribution < -0.4 is 29.1 Å². The molecule has 0 radical (unpaired) electrons. The zero-order valence-corrected chi connectivity index (χ0v) is 17.4. The highest BCUT2D eigenvalue weighted by Crippen LogP contribution is 2.39. The number of benzene rings is 2. The van der Waals surface area contributed by atoms with Crippen molar-refractivity contribution in [2.75, 3.05) is 28.4 Å². The summed E-state index contributed by atoms with van der Waals surface area (Å²) in [5.74, 6) is 2.06. The summed E-state index contributed by atoms with van der Waals surface area (Å²) in [6.45, 7) is 3.83. The fraction of sp³-hybridized carbons (Fsp3) is 0.333. The first-order valence-corrected chi connectivity index (χ1v) is 8.92. The molecule has 0 aliphatic carbocycles. The molecule has 8 nitrogen and oxygen atoms in total. The smallest absolute Gasteiger partial charge is 0.271 e. The third-order valence-corrected chi connectivity index (χ3v) is 3.89. The fourth-order valence-corrected chi connectivity index (χ4v) is 2.61. The Morgan fingerprint density at radius 2 is 1.55 bits per heavy atom. The Morgan fingerprint density at radius 1 is 0.897 bits per heavy atom. The minimum Gasteiger partial charge on any atom is -0.493 e. The second kappa shape index (κ2) is 10.2. The molecule has 0 atom stereocenters. The van der Waals surface area contributed by atoms with Crippen LogP contribution in [0.25, 0.3) is 0 Å². The molecule has 0 spiro atoms. The summed E-state index contributed by atoms with van der Waals surface area (Å²) >= 11 is 0. The summed E-state index contributed by atoms with van der Waals surface area (Å²) in [5, 5.41) is 4.01. The van der Waals surface area contributed by atoms with Crippen molar-refractivity contribution in [1.29, 1.82) is 0 Å². The summed E-state index contributed by atoms with van der Waals surface area (Å²) in [7, 11) is 6.09. The molecule has 1 N–H and O–H groups in total. The highest BCUT2D eigenvalue weighted by molar-refractivity contribution is 5.96. The van der Waals surface area contributed by atoms with Crippen molar-refractivity contribution < 1.29 is 28.5 Å². The quantitative estimate of drug-likeness (QED) is 0.512. The van der Waals surface area contributed by atoms with Gasteiger partial charge in [-0.25, -0.2) is 5.43 Å². The van der Waals surface area contributed by atoms with Crippen LogP contribution in [-0.2, 0) is 0 Å². The molecule has 2 aromatic rings. The number of hydrazone groups is 1. The Bertz CT molecular complexity index is 880. The second-order valence-corrected chi connectivity index (χ2v) is 6.15. The molecule has 2 aromatic carbocycles. The van der Waals surface area contributed by atoms with Gasteiger partial charge in [0.05, 0.1) is 40.8 Å². The van der Waals surface area contributed by atoms with Gasteiger partial charge < -0.3 is 23.7 Å². The van der Waals surface area contributed by atoms with E-state index >= 15 is 0 Å². The summed E-state index contributed by atoms with van der Waals surface area (Å²) in [6, 6.07) is 8.40. The molecular formula is C21H26N2O6. The summed E-state index contributed by atoms with van der Waals surface area (Å²) < 4.78 is 26.9. The van der Waals surface area contributed by atoms with Gasteiger partial charge in [-0.1, -0.05) is 0 Å². The minimum atomic E-state index is -0.393. The monoisotopic (exact) mass is 402 g/mol. The first-order chi connectivity index (χ1) is 13.9. The molecular weight excluding hydrogens is 376 g/mol. The Labute approximate surface area is 170 Å². The van der Waals surface area contributed by atoms with Crippen molar-refractivity contribution in [3.63, 3.8) is 0 Å². The normalized spacial score (nSPS) is 10.7. The number of carbonyl (C=O) groups is 1. The van der Waals surface area contributed by atoms with Crippen molar-refractivity contribution in [1.82, 2.24) is 5.43 Å². The Balaban J connectivity index is 2.18. The van der Waals surface area contributed by atoms with Crippen molar-refractivity contribution in [3.05, 3.63) is 41.5 Å². The van der Waals surface area contributed by atoms with Gasteiger partial charge in [0.2, 0.25) is 5.75 Å². The maximum Gasteiger partial charge on any atom is 0.271 e. The molecule has 8 heteroatoms. The van der Waals surface area contributed by atoms with Gasteiger partial charge in [-0.3, -0.25) is 4.79 Å². The van der Waals surface area contributed by atoms with Gasteiger partial charge >= 0.3 is 0 Å². The van der Waals surface area contributed by atoms with E-state index in [0.29, 0.717) is 39.9 Å². The van der Waals surface area contributed by atoms with Crippen LogP contribution in [0.5, 0.6) is 28.7 Å². The molecule has 0 unspecified atom stereocenters. The number of hydrogen-bond donors (Lipinski definition) is 1. The number of amides is 1. The van der Waals surface area contributed by atoms with Gasteiger partial charge in [0.25, 0.3) is 5.91 Å². The highest BCUT2D eigenvalue weighted by atomic mass is 16.5. The Morgan fingerprint density at radius 3 is 2.14 bits per heavy atom. The third kappa shape index (κ3) is 5.31. The van der Waals surface area contributed by atoms with Crippen LogP contribution >= 0.6 is 0 Å². The predicted molar refractivity (Wildman–Crippen MR) is 110 cm³/mol. The van der Waals surface area contributed by atoms with Gasteiger partial charge in [0.1, 0.15) is 0 Å². The number of hydrogen-bond acceptors (Lipinski definition) is 7. The molecule has 0 bridgehead atoms. The van der Waals surface area contributed by atoms with Gasteiger partial charge in [-0.2, -0.15) is 5.10 Å². The zero-order chi connectivity index (χ0) is 21.4. The number of methoxy groups -OCH3 is 4. The molecule has 0 fully saturated rings. The van der Waals surface area contributed by atoms with Crippen molar-refractivity contribution >= 4 is 12.1 Å². The molecule has 0 aromatic heterocycles. The van der Waals surface area contributed by atoms with Crippen LogP contribution in [0.15, 0.2) is 35.4 Å². The minimum absolute atomic E-state index is 0.00959. The van der Waals surface area contributed by atoms with Crippen molar-refractivity contribution in [2.45, 2.75) is 20.0 Å². The lowest BCUT2D eigenvalue weighted by Gasteiger charge is -2.14. The SMILES string of the molecule is COc1cc(C(=O)N/N=C\c2ccc(OC)c(OC)c2OC)ccc1OC(C)C. The maximum atomic E-state index is 12.4. The molecule has 0 heterocycles. The molecule has 156 valence electrons. The fourth-order valence-electron chi connectivity index (χ4n) is 2.61. The topological polar surface area (TPSA) is 87.6 Å². The largest absolute Gasteiger partial charge is 0.493 e. The highest BCUT2D eigenvalue weighted by Gasteiger charge is 2.15. The average molecular weight is 402 g/mol. The van der Waals surface area contributed by atoms with E-state index < -0.39 is 5.91 Å². The van der Waals surface area contributed by atoms with Crippen molar-refractivity contribution in [3.8, 4) is 28.7 Å². The zero-order valence-electron chi connectivity index (χ0n) is 17.4. The van der Waals surface area contributed by atoms with E-state index in [1.54, 1.807) is 30.3 Å². The van der Waals surface area contributed by atoms with Crippen LogP contribution in [0, 0.1) is 0 Å². The van der Waals surface area contributed by atoms with E-state index in [9.17, 15) is 4.79 Å². The molecule has 0 aliphatic rings. The molecule has 1 amide bonds. The molecule has 2 rings (SSSR count). The van der Waals surface area contributed by atoms with E-state index in [4.69, 9.17) is 23.7 Å². The second-order valence-electron chi connectivity index (χ2n) is 6.15. The number of nitrogens with one attached hydrogen (secondary N) is 1. The van der Waals surface area contributed by atoms with E-state index in [0.717, 1.165) is 0 Å². The average Bonchev–Trinajstić information content (AvgIpc) is 2.72. The van der Waals surface area contributed by atoms with Crippen molar-refractivity contribution in [2.24, 2.45) is 5.10 Å². The lowest BCUT2D eigenvalue weighted by molar-refractivity contribution is 0.0954. The number of carbonyl (C=O) groups excluding carboxylic acids is 1. The van der Waals surface area contributed by atoms with Crippen LogP contribution in [0.1, 0.15) is 29.8 Å². The van der Waals surface area contributed by atoms with Gasteiger partial charge in [0.15, 0.2) is 23.0 Å². The lowest BCUT2D eigenvalue weighted by atomic mass is 10.2. The van der Waals surface area contributed by atoms with E-state index in [-0.39, 0.29) is 6.10 Å². The maximum absolute atomic E-state index is 12.4. The van der Waals surface area contributed by atoms with E-state index in [1.807, 2.05) is 13.8 Å². The van der Waals surface area contributed by atoms with Crippen LogP contribution in [0.4, 0.5) is 0 Å².